The van der Waals surface area contributed by atoms with Gasteiger partial charge in [0.15, 0.2) is 0 Å². The van der Waals surface area contributed by atoms with E-state index in [4.69, 9.17) is 10.8 Å². The first-order valence-corrected chi connectivity index (χ1v) is 3.85. The van der Waals surface area contributed by atoms with E-state index in [0.717, 1.165) is 12.8 Å². The highest BCUT2D eigenvalue weighted by molar-refractivity contribution is 5.88. The standard InChI is InChI=1S/C7H13N2O3/c1-2-3-4-5-9(6(8)10)7(11)12/h8H,2-5H2,1H3,(H,11,12). The van der Waals surface area contributed by atoms with Gasteiger partial charge in [0.05, 0.1) is 0 Å². The normalized spacial score (nSPS) is 9.42. The summed E-state index contributed by atoms with van der Waals surface area (Å²) in [6, 6.07) is -1.15. The largest absolute Gasteiger partial charge is 0.465 e. The van der Waals surface area contributed by atoms with Crippen molar-refractivity contribution in [3.05, 3.63) is 0 Å². The van der Waals surface area contributed by atoms with Gasteiger partial charge in [-0.1, -0.05) is 19.8 Å². The van der Waals surface area contributed by atoms with Crippen LogP contribution in [0.25, 0.3) is 0 Å². The van der Waals surface area contributed by atoms with Gasteiger partial charge in [0, 0.05) is 6.54 Å². The Morgan fingerprint density at radius 1 is 1.42 bits per heavy atom. The average Bonchev–Trinajstić information content (AvgIpc) is 1.96. The van der Waals surface area contributed by atoms with Crippen LogP contribution < -0.4 is 5.73 Å². The summed E-state index contributed by atoms with van der Waals surface area (Å²) >= 11 is 0. The van der Waals surface area contributed by atoms with Gasteiger partial charge in [0.25, 0.3) is 0 Å². The molecule has 0 atom stereocenters. The molecule has 0 aromatic carbocycles. The summed E-state index contributed by atoms with van der Waals surface area (Å²) in [4.78, 5) is 21.2. The first kappa shape index (κ1) is 10.7. The Balaban J connectivity index is 3.80. The minimum absolute atomic E-state index is 0.130. The first-order valence-electron chi connectivity index (χ1n) is 3.85. The maximum Gasteiger partial charge on any atom is 0.415 e. The monoisotopic (exact) mass is 173 g/mol. The fourth-order valence-electron chi connectivity index (χ4n) is 0.804. The van der Waals surface area contributed by atoms with E-state index in [1.54, 1.807) is 0 Å². The van der Waals surface area contributed by atoms with E-state index in [9.17, 15) is 9.59 Å². The number of hydrogen-bond acceptors (Lipinski definition) is 2. The molecule has 5 heteroatoms. The van der Waals surface area contributed by atoms with Gasteiger partial charge in [-0.05, 0) is 6.42 Å². The number of amides is 3. The molecule has 0 spiro atoms. The van der Waals surface area contributed by atoms with Gasteiger partial charge in [-0.2, -0.15) is 0 Å². The summed E-state index contributed by atoms with van der Waals surface area (Å²) in [5.41, 5.74) is 6.61. The van der Waals surface area contributed by atoms with Crippen LogP contribution in [0.15, 0.2) is 0 Å². The lowest BCUT2D eigenvalue weighted by Crippen LogP contribution is -2.36. The summed E-state index contributed by atoms with van der Waals surface area (Å²) in [6.45, 7) is 2.11. The minimum Gasteiger partial charge on any atom is -0.465 e. The Labute approximate surface area is 71.1 Å². The summed E-state index contributed by atoms with van der Waals surface area (Å²) in [5, 5.41) is 8.43. The molecule has 2 N–H and O–H groups in total. The molecule has 0 saturated carbocycles. The molecule has 0 unspecified atom stereocenters. The van der Waals surface area contributed by atoms with Crippen molar-refractivity contribution < 1.29 is 14.7 Å². The number of imide groups is 1. The Morgan fingerprint density at radius 2 is 2.00 bits per heavy atom. The maximum absolute atomic E-state index is 10.4. The van der Waals surface area contributed by atoms with Crippen LogP contribution >= 0.6 is 0 Å². The van der Waals surface area contributed by atoms with Crippen LogP contribution in [-0.4, -0.2) is 28.7 Å². The van der Waals surface area contributed by atoms with E-state index >= 15 is 0 Å². The Morgan fingerprint density at radius 3 is 2.33 bits per heavy atom. The molecule has 1 radical (unpaired) electrons. The van der Waals surface area contributed by atoms with Crippen LogP contribution in [0.2, 0.25) is 0 Å². The van der Waals surface area contributed by atoms with E-state index in [-0.39, 0.29) is 6.54 Å². The lowest BCUT2D eigenvalue weighted by molar-refractivity contribution is 0.150. The highest BCUT2D eigenvalue weighted by Crippen LogP contribution is 1.98. The van der Waals surface area contributed by atoms with Crippen molar-refractivity contribution in [1.29, 1.82) is 0 Å². The number of unbranched alkanes of at least 4 members (excludes halogenated alkanes) is 2. The smallest absolute Gasteiger partial charge is 0.415 e. The number of nitrogens with one attached hydrogen (secondary N) is 1. The third kappa shape index (κ3) is 3.80. The van der Waals surface area contributed by atoms with Gasteiger partial charge in [0.1, 0.15) is 0 Å². The molecule has 0 rings (SSSR count). The van der Waals surface area contributed by atoms with Crippen molar-refractivity contribution >= 4 is 12.1 Å². The third-order valence-corrected chi connectivity index (χ3v) is 1.46. The zero-order valence-electron chi connectivity index (χ0n) is 7.04. The van der Waals surface area contributed by atoms with Crippen LogP contribution in [0.1, 0.15) is 26.2 Å². The van der Waals surface area contributed by atoms with Gasteiger partial charge in [-0.15, -0.1) is 0 Å². The SMILES string of the molecule is CCCCCN(C([NH])=O)C(=O)O. The van der Waals surface area contributed by atoms with E-state index < -0.39 is 12.1 Å². The third-order valence-electron chi connectivity index (χ3n) is 1.46. The number of carbonyl (C=O) groups is 2. The van der Waals surface area contributed by atoms with Crippen molar-refractivity contribution in [1.82, 2.24) is 10.6 Å². The van der Waals surface area contributed by atoms with Crippen molar-refractivity contribution in [2.75, 3.05) is 6.54 Å². The molecule has 12 heavy (non-hydrogen) atoms. The molecule has 0 aromatic heterocycles. The second-order valence-electron chi connectivity index (χ2n) is 2.45. The van der Waals surface area contributed by atoms with E-state index in [0.29, 0.717) is 11.3 Å². The topological polar surface area (TPSA) is 81.4 Å². The number of carboxylic acid groups (broad SMARTS) is 1. The molecule has 0 fully saturated rings. The number of rotatable bonds is 4. The fraction of sp³-hybridized carbons (Fsp3) is 0.714. The number of carbonyl (C=O) groups excluding carboxylic acids is 1. The van der Waals surface area contributed by atoms with E-state index in [2.05, 4.69) is 0 Å². The molecule has 3 amide bonds. The van der Waals surface area contributed by atoms with Crippen LogP contribution in [-0.2, 0) is 0 Å². The van der Waals surface area contributed by atoms with Crippen LogP contribution in [0.5, 0.6) is 0 Å². The summed E-state index contributed by atoms with van der Waals surface area (Å²) in [6.07, 6.45) is 1.12. The van der Waals surface area contributed by atoms with Crippen molar-refractivity contribution in [3.8, 4) is 0 Å². The quantitative estimate of drug-likeness (QED) is 0.655. The summed E-state index contributed by atoms with van der Waals surface area (Å²) < 4.78 is 0. The van der Waals surface area contributed by atoms with Crippen molar-refractivity contribution in [2.24, 2.45) is 0 Å². The van der Waals surface area contributed by atoms with E-state index in [1.165, 1.54) is 0 Å². The zero-order chi connectivity index (χ0) is 9.56. The van der Waals surface area contributed by atoms with Gasteiger partial charge < -0.3 is 5.11 Å². The van der Waals surface area contributed by atoms with Crippen LogP contribution in [0, 0.1) is 0 Å². The summed E-state index contributed by atoms with van der Waals surface area (Å²) in [7, 11) is 0. The average molecular weight is 173 g/mol. The summed E-state index contributed by atoms with van der Waals surface area (Å²) in [5.74, 6) is 0. The molecule has 69 valence electrons. The second-order valence-corrected chi connectivity index (χ2v) is 2.45. The zero-order valence-corrected chi connectivity index (χ0v) is 7.04. The number of hydrogen-bond donors (Lipinski definition) is 1. The molecular weight excluding hydrogens is 160 g/mol. The molecule has 0 aliphatic heterocycles. The number of nitrogens with zero attached hydrogens (tertiary/aromatic N) is 1. The van der Waals surface area contributed by atoms with Crippen LogP contribution in [0.4, 0.5) is 9.59 Å². The van der Waals surface area contributed by atoms with Crippen LogP contribution in [0.3, 0.4) is 0 Å². The van der Waals surface area contributed by atoms with Gasteiger partial charge >= 0.3 is 12.1 Å². The molecule has 0 bridgehead atoms. The lowest BCUT2D eigenvalue weighted by atomic mass is 10.2. The van der Waals surface area contributed by atoms with Gasteiger partial charge in [-0.3, -0.25) is 0 Å². The molecular formula is C7H13N2O3. The predicted octanol–water partition coefficient (Wildman–Crippen LogP) is 1.56. The van der Waals surface area contributed by atoms with Crippen molar-refractivity contribution in [2.45, 2.75) is 26.2 Å². The van der Waals surface area contributed by atoms with Crippen molar-refractivity contribution in [3.63, 3.8) is 0 Å². The first-order chi connectivity index (χ1) is 5.59. The minimum atomic E-state index is -1.34. The Bertz CT molecular complexity index is 156. The molecule has 0 aliphatic carbocycles. The molecule has 0 heterocycles. The molecule has 0 aromatic rings. The number of urea groups is 1. The van der Waals surface area contributed by atoms with E-state index in [1.807, 2.05) is 6.92 Å². The Kier molecular flexibility index (Phi) is 4.83. The highest BCUT2D eigenvalue weighted by Gasteiger charge is 2.16. The maximum atomic E-state index is 10.4. The molecule has 0 saturated heterocycles. The highest BCUT2D eigenvalue weighted by atomic mass is 16.4. The lowest BCUT2D eigenvalue weighted by Gasteiger charge is -2.12. The predicted molar refractivity (Wildman–Crippen MR) is 42.7 cm³/mol. The fourth-order valence-corrected chi connectivity index (χ4v) is 0.804. The Hall–Kier alpha value is -1.26. The molecule has 5 nitrogen and oxygen atoms in total. The van der Waals surface area contributed by atoms with Gasteiger partial charge in [-0.25, -0.2) is 20.2 Å². The molecule has 0 aliphatic rings. The van der Waals surface area contributed by atoms with Gasteiger partial charge in [0.2, 0.25) is 0 Å². The second kappa shape index (κ2) is 5.40.